The van der Waals surface area contributed by atoms with Gasteiger partial charge in [0.15, 0.2) is 5.78 Å². The van der Waals surface area contributed by atoms with E-state index < -0.39 is 0 Å². The number of carbonyl (C=O) groups excluding carboxylic acids is 1. The fourth-order valence-electron chi connectivity index (χ4n) is 1.98. The van der Waals surface area contributed by atoms with Crippen LogP contribution in [0.5, 0.6) is 0 Å². The van der Waals surface area contributed by atoms with Gasteiger partial charge in [-0.3, -0.25) is 9.48 Å². The van der Waals surface area contributed by atoms with Gasteiger partial charge in [-0.1, -0.05) is 18.2 Å². The summed E-state index contributed by atoms with van der Waals surface area (Å²) in [5.74, 6) is 0.00282. The summed E-state index contributed by atoms with van der Waals surface area (Å²) in [6.07, 6.45) is 3.32. The van der Waals surface area contributed by atoms with E-state index in [0.29, 0.717) is 5.56 Å². The van der Waals surface area contributed by atoms with Gasteiger partial charge in [-0.05, 0) is 19.1 Å². The van der Waals surface area contributed by atoms with Gasteiger partial charge < -0.3 is 4.42 Å². The summed E-state index contributed by atoms with van der Waals surface area (Å²) >= 11 is 0. The molecule has 0 amide bonds. The molecule has 4 nitrogen and oxygen atoms in total. The predicted molar refractivity (Wildman–Crippen MR) is 67.5 cm³/mol. The molecule has 3 aromatic rings. The maximum atomic E-state index is 12.2. The van der Waals surface area contributed by atoms with Gasteiger partial charge in [0.2, 0.25) is 0 Å². The third kappa shape index (κ3) is 1.82. The Morgan fingerprint density at radius 2 is 2.17 bits per heavy atom. The van der Waals surface area contributed by atoms with Crippen LogP contribution >= 0.6 is 0 Å². The molecule has 4 heteroatoms. The van der Waals surface area contributed by atoms with E-state index >= 15 is 0 Å². The molecule has 0 saturated heterocycles. The Morgan fingerprint density at radius 1 is 1.33 bits per heavy atom. The number of furan rings is 1. The van der Waals surface area contributed by atoms with E-state index in [0.717, 1.165) is 16.7 Å². The van der Waals surface area contributed by atoms with Crippen LogP contribution in [-0.4, -0.2) is 15.6 Å². The van der Waals surface area contributed by atoms with Crippen LogP contribution < -0.4 is 0 Å². The van der Waals surface area contributed by atoms with Crippen molar-refractivity contribution in [2.24, 2.45) is 0 Å². The third-order valence-electron chi connectivity index (χ3n) is 2.86. The van der Waals surface area contributed by atoms with Crippen LogP contribution in [0.25, 0.3) is 11.0 Å². The standard InChI is InChI=1S/C14H12N2O2/c1-10-6-7-16(15-10)8-13(17)12-9-18-14-5-3-2-4-11(12)14/h2-7,9H,8H2,1H3. The first-order chi connectivity index (χ1) is 8.74. The number of ketones is 1. The second kappa shape index (κ2) is 4.14. The lowest BCUT2D eigenvalue weighted by atomic mass is 10.1. The van der Waals surface area contributed by atoms with Crippen molar-refractivity contribution in [2.45, 2.75) is 13.5 Å². The van der Waals surface area contributed by atoms with Crippen LogP contribution in [0, 0.1) is 6.92 Å². The van der Waals surface area contributed by atoms with Crippen molar-refractivity contribution in [2.75, 3.05) is 0 Å². The highest BCUT2D eigenvalue weighted by molar-refractivity contribution is 6.06. The van der Waals surface area contributed by atoms with Crippen LogP contribution in [0.2, 0.25) is 0 Å². The minimum absolute atomic E-state index is 0.00282. The monoisotopic (exact) mass is 240 g/mol. The molecule has 3 rings (SSSR count). The van der Waals surface area contributed by atoms with Gasteiger partial charge in [-0.15, -0.1) is 0 Å². The van der Waals surface area contributed by atoms with E-state index in [9.17, 15) is 4.79 Å². The summed E-state index contributed by atoms with van der Waals surface area (Å²) in [5.41, 5.74) is 2.25. The molecule has 0 radical (unpaired) electrons. The Hall–Kier alpha value is -2.36. The molecule has 2 aromatic heterocycles. The number of nitrogens with zero attached hydrogens (tertiary/aromatic N) is 2. The van der Waals surface area contributed by atoms with Crippen LogP contribution in [0.1, 0.15) is 16.1 Å². The number of Topliss-reactive ketones (excluding diaryl/α,β-unsaturated/α-hetero) is 1. The average molecular weight is 240 g/mol. The second-order valence-electron chi connectivity index (χ2n) is 4.22. The number of hydrogen-bond donors (Lipinski definition) is 0. The van der Waals surface area contributed by atoms with E-state index in [-0.39, 0.29) is 12.3 Å². The molecule has 18 heavy (non-hydrogen) atoms. The highest BCUT2D eigenvalue weighted by Crippen LogP contribution is 2.21. The van der Waals surface area contributed by atoms with Gasteiger partial charge in [0.05, 0.1) is 11.3 Å². The summed E-state index contributed by atoms with van der Waals surface area (Å²) in [7, 11) is 0. The van der Waals surface area contributed by atoms with Crippen LogP contribution in [0.15, 0.2) is 47.2 Å². The topological polar surface area (TPSA) is 48.0 Å². The summed E-state index contributed by atoms with van der Waals surface area (Å²) < 4.78 is 7.00. The fraction of sp³-hybridized carbons (Fsp3) is 0.143. The SMILES string of the molecule is Cc1ccn(CC(=O)c2coc3ccccc23)n1. The quantitative estimate of drug-likeness (QED) is 0.661. The predicted octanol–water partition coefficient (Wildman–Crippen LogP) is 2.82. The Morgan fingerprint density at radius 3 is 2.94 bits per heavy atom. The molecule has 0 fully saturated rings. The van der Waals surface area contributed by atoms with Crippen LogP contribution in [-0.2, 0) is 6.54 Å². The summed E-state index contributed by atoms with van der Waals surface area (Å²) in [6.45, 7) is 2.13. The molecule has 0 spiro atoms. The largest absolute Gasteiger partial charge is 0.464 e. The normalized spacial score (nSPS) is 10.9. The smallest absolute Gasteiger partial charge is 0.188 e. The maximum Gasteiger partial charge on any atom is 0.188 e. The van der Waals surface area contributed by atoms with Crippen molar-refractivity contribution < 1.29 is 9.21 Å². The van der Waals surface area contributed by atoms with Crippen molar-refractivity contribution in [1.29, 1.82) is 0 Å². The lowest BCUT2D eigenvalue weighted by molar-refractivity contribution is 0.0968. The number of benzene rings is 1. The molecular weight excluding hydrogens is 228 g/mol. The Bertz CT molecular complexity index is 709. The van der Waals surface area contributed by atoms with E-state index in [4.69, 9.17) is 4.42 Å². The van der Waals surface area contributed by atoms with E-state index in [1.807, 2.05) is 37.3 Å². The first-order valence-electron chi connectivity index (χ1n) is 5.73. The zero-order valence-electron chi connectivity index (χ0n) is 9.96. The molecule has 0 aliphatic rings. The second-order valence-corrected chi connectivity index (χ2v) is 4.22. The lowest BCUT2D eigenvalue weighted by Crippen LogP contribution is -2.10. The van der Waals surface area contributed by atoms with Gasteiger partial charge in [0.1, 0.15) is 18.4 Å². The molecule has 0 aliphatic carbocycles. The third-order valence-corrected chi connectivity index (χ3v) is 2.86. The van der Waals surface area contributed by atoms with Crippen molar-refractivity contribution >= 4 is 16.8 Å². The highest BCUT2D eigenvalue weighted by Gasteiger charge is 2.13. The van der Waals surface area contributed by atoms with Crippen molar-refractivity contribution in [3.63, 3.8) is 0 Å². The Balaban J connectivity index is 1.92. The van der Waals surface area contributed by atoms with E-state index in [1.54, 1.807) is 10.9 Å². The maximum absolute atomic E-state index is 12.2. The molecule has 0 atom stereocenters. The number of hydrogen-bond acceptors (Lipinski definition) is 3. The molecule has 0 bridgehead atoms. The Kier molecular flexibility index (Phi) is 2.48. The minimum Gasteiger partial charge on any atom is -0.464 e. The molecule has 0 aliphatic heterocycles. The molecule has 0 unspecified atom stereocenters. The van der Waals surface area contributed by atoms with E-state index in [2.05, 4.69) is 5.10 Å². The molecular formula is C14H12N2O2. The van der Waals surface area contributed by atoms with Gasteiger partial charge in [-0.2, -0.15) is 5.10 Å². The molecule has 0 saturated carbocycles. The number of aryl methyl sites for hydroxylation is 1. The molecule has 0 N–H and O–H groups in total. The molecule has 2 heterocycles. The number of aromatic nitrogens is 2. The number of para-hydroxylation sites is 1. The zero-order chi connectivity index (χ0) is 12.5. The van der Waals surface area contributed by atoms with Gasteiger partial charge in [-0.25, -0.2) is 0 Å². The molecule has 1 aromatic carbocycles. The number of carbonyl (C=O) groups is 1. The number of rotatable bonds is 3. The first kappa shape index (κ1) is 10.8. The summed E-state index contributed by atoms with van der Waals surface area (Å²) in [4.78, 5) is 12.2. The van der Waals surface area contributed by atoms with Crippen molar-refractivity contribution in [3.05, 3.63) is 54.0 Å². The van der Waals surface area contributed by atoms with Gasteiger partial charge in [0, 0.05) is 11.6 Å². The highest BCUT2D eigenvalue weighted by atomic mass is 16.3. The zero-order valence-corrected chi connectivity index (χ0v) is 9.96. The summed E-state index contributed by atoms with van der Waals surface area (Å²) in [6, 6.07) is 9.40. The number of fused-ring (bicyclic) bond motifs is 1. The average Bonchev–Trinajstić information content (AvgIpc) is 2.95. The Labute approximate surface area is 104 Å². The first-order valence-corrected chi connectivity index (χ1v) is 5.73. The van der Waals surface area contributed by atoms with Crippen molar-refractivity contribution in [1.82, 2.24) is 9.78 Å². The lowest BCUT2D eigenvalue weighted by Gasteiger charge is -1.99. The minimum atomic E-state index is 0.00282. The molecule has 90 valence electrons. The van der Waals surface area contributed by atoms with Crippen LogP contribution in [0.3, 0.4) is 0 Å². The van der Waals surface area contributed by atoms with Crippen LogP contribution in [0.4, 0.5) is 0 Å². The van der Waals surface area contributed by atoms with Crippen molar-refractivity contribution in [3.8, 4) is 0 Å². The van der Waals surface area contributed by atoms with Gasteiger partial charge >= 0.3 is 0 Å². The summed E-state index contributed by atoms with van der Waals surface area (Å²) in [5, 5.41) is 5.06. The fourth-order valence-corrected chi connectivity index (χ4v) is 1.98. The van der Waals surface area contributed by atoms with E-state index in [1.165, 1.54) is 6.26 Å². The van der Waals surface area contributed by atoms with Gasteiger partial charge in [0.25, 0.3) is 0 Å².